The molecule has 1 aromatic rings. The van der Waals surface area contributed by atoms with Crippen molar-refractivity contribution >= 4 is 11.7 Å². The highest BCUT2D eigenvalue weighted by molar-refractivity contribution is 6.13. The summed E-state index contributed by atoms with van der Waals surface area (Å²) in [6.07, 6.45) is 0.826. The number of carbonyl (C=O) groups is 1. The van der Waals surface area contributed by atoms with Crippen LogP contribution in [0.3, 0.4) is 0 Å². The van der Waals surface area contributed by atoms with E-state index in [1.54, 1.807) is 21.1 Å². The van der Waals surface area contributed by atoms with Gasteiger partial charge in [0.05, 0.1) is 33.0 Å². The highest BCUT2D eigenvalue weighted by atomic mass is 16.5. The largest absolute Gasteiger partial charge is 0.493 e. The molecule has 2 rings (SSSR count). The van der Waals surface area contributed by atoms with Gasteiger partial charge in [-0.2, -0.15) is 0 Å². The number of carbonyl (C=O) groups excluding carboxylic acids is 1. The van der Waals surface area contributed by atoms with Gasteiger partial charge in [-0.05, 0) is 31.0 Å². The third-order valence-corrected chi connectivity index (χ3v) is 3.51. The SMILES string of the molecule is COC(=O)[C@@H](C)C1=NCCc2cc(OC)c(OC)cc21. The molecule has 0 saturated heterocycles. The Balaban J connectivity index is 2.47. The van der Waals surface area contributed by atoms with Gasteiger partial charge in [-0.1, -0.05) is 0 Å². The Kier molecular flexibility index (Phi) is 4.27. The monoisotopic (exact) mass is 277 g/mol. The van der Waals surface area contributed by atoms with E-state index < -0.39 is 5.92 Å². The topological polar surface area (TPSA) is 57.1 Å². The Morgan fingerprint density at radius 3 is 2.45 bits per heavy atom. The maximum absolute atomic E-state index is 11.7. The first-order valence-electron chi connectivity index (χ1n) is 6.49. The highest BCUT2D eigenvalue weighted by Gasteiger charge is 2.26. The van der Waals surface area contributed by atoms with Gasteiger partial charge in [0.15, 0.2) is 11.5 Å². The molecule has 1 heterocycles. The van der Waals surface area contributed by atoms with Gasteiger partial charge >= 0.3 is 5.97 Å². The molecule has 0 N–H and O–H groups in total. The number of esters is 1. The number of aliphatic imine (C=N–C) groups is 1. The molecule has 0 aromatic heterocycles. The molecule has 0 saturated carbocycles. The number of ether oxygens (including phenoxy) is 3. The van der Waals surface area contributed by atoms with Crippen LogP contribution >= 0.6 is 0 Å². The molecule has 1 aliphatic rings. The summed E-state index contributed by atoms with van der Waals surface area (Å²) in [5.74, 6) is 0.652. The first kappa shape index (κ1) is 14.4. The van der Waals surface area contributed by atoms with Crippen LogP contribution in [-0.2, 0) is 16.0 Å². The Bertz CT molecular complexity index is 551. The van der Waals surface area contributed by atoms with Crippen LogP contribution in [0.1, 0.15) is 18.1 Å². The summed E-state index contributed by atoms with van der Waals surface area (Å²) < 4.78 is 15.4. The number of rotatable bonds is 4. The number of fused-ring (bicyclic) bond motifs is 1. The van der Waals surface area contributed by atoms with Crippen molar-refractivity contribution in [2.24, 2.45) is 10.9 Å². The summed E-state index contributed by atoms with van der Waals surface area (Å²) in [7, 11) is 4.59. The lowest BCUT2D eigenvalue weighted by molar-refractivity contribution is -0.142. The summed E-state index contributed by atoms with van der Waals surface area (Å²) in [4.78, 5) is 16.2. The molecule has 0 unspecified atom stereocenters. The molecule has 5 nitrogen and oxygen atoms in total. The van der Waals surface area contributed by atoms with Gasteiger partial charge in [0.2, 0.25) is 0 Å². The van der Waals surface area contributed by atoms with Crippen molar-refractivity contribution < 1.29 is 19.0 Å². The molecule has 1 aromatic carbocycles. The molecule has 20 heavy (non-hydrogen) atoms. The van der Waals surface area contributed by atoms with Crippen LogP contribution in [0.25, 0.3) is 0 Å². The highest BCUT2D eigenvalue weighted by Crippen LogP contribution is 2.33. The minimum Gasteiger partial charge on any atom is -0.493 e. The molecular formula is C15H19NO4. The zero-order valence-electron chi connectivity index (χ0n) is 12.2. The molecule has 1 aliphatic heterocycles. The van der Waals surface area contributed by atoms with Gasteiger partial charge in [-0.3, -0.25) is 9.79 Å². The molecule has 0 spiro atoms. The molecule has 0 amide bonds. The summed E-state index contributed by atoms with van der Waals surface area (Å²) in [6.45, 7) is 2.47. The van der Waals surface area contributed by atoms with Gasteiger partial charge < -0.3 is 14.2 Å². The second-order valence-corrected chi connectivity index (χ2v) is 4.63. The van der Waals surface area contributed by atoms with E-state index in [2.05, 4.69) is 4.99 Å². The quantitative estimate of drug-likeness (QED) is 0.788. The smallest absolute Gasteiger partial charge is 0.314 e. The maximum Gasteiger partial charge on any atom is 0.314 e. The van der Waals surface area contributed by atoms with E-state index in [-0.39, 0.29) is 5.97 Å². The van der Waals surface area contributed by atoms with E-state index in [0.29, 0.717) is 18.0 Å². The summed E-state index contributed by atoms with van der Waals surface area (Å²) in [6, 6.07) is 3.83. The van der Waals surface area contributed by atoms with E-state index in [1.807, 2.05) is 12.1 Å². The van der Waals surface area contributed by atoms with Gasteiger partial charge in [0.25, 0.3) is 0 Å². The first-order chi connectivity index (χ1) is 9.62. The van der Waals surface area contributed by atoms with Gasteiger partial charge in [0.1, 0.15) is 0 Å². The van der Waals surface area contributed by atoms with Crippen LogP contribution in [0.5, 0.6) is 11.5 Å². The normalized spacial score (nSPS) is 14.9. The van der Waals surface area contributed by atoms with Crippen molar-refractivity contribution in [1.29, 1.82) is 0 Å². The Morgan fingerprint density at radius 1 is 1.20 bits per heavy atom. The number of methoxy groups -OCH3 is 3. The third-order valence-electron chi connectivity index (χ3n) is 3.51. The fourth-order valence-corrected chi connectivity index (χ4v) is 2.41. The average molecular weight is 277 g/mol. The van der Waals surface area contributed by atoms with E-state index >= 15 is 0 Å². The van der Waals surface area contributed by atoms with Crippen LogP contribution in [0.2, 0.25) is 0 Å². The van der Waals surface area contributed by atoms with E-state index in [1.165, 1.54) is 7.11 Å². The average Bonchev–Trinajstić information content (AvgIpc) is 2.51. The molecule has 5 heteroatoms. The van der Waals surface area contributed by atoms with Crippen LogP contribution < -0.4 is 9.47 Å². The molecule has 0 fully saturated rings. The minimum absolute atomic E-state index is 0.286. The summed E-state index contributed by atoms with van der Waals surface area (Å²) >= 11 is 0. The predicted molar refractivity (Wildman–Crippen MR) is 75.8 cm³/mol. The summed E-state index contributed by atoms with van der Waals surface area (Å²) in [5, 5.41) is 0. The lowest BCUT2D eigenvalue weighted by Gasteiger charge is -2.22. The van der Waals surface area contributed by atoms with Gasteiger partial charge in [-0.15, -0.1) is 0 Å². The van der Waals surface area contributed by atoms with Crippen LogP contribution in [-0.4, -0.2) is 39.6 Å². The zero-order valence-corrected chi connectivity index (χ0v) is 12.2. The van der Waals surface area contributed by atoms with Crippen molar-refractivity contribution in [2.45, 2.75) is 13.3 Å². The molecule has 0 radical (unpaired) electrons. The van der Waals surface area contributed by atoms with Crippen molar-refractivity contribution in [1.82, 2.24) is 0 Å². The van der Waals surface area contributed by atoms with Crippen molar-refractivity contribution in [3.05, 3.63) is 23.3 Å². The second-order valence-electron chi connectivity index (χ2n) is 4.63. The van der Waals surface area contributed by atoms with Crippen LogP contribution in [0, 0.1) is 5.92 Å². The lowest BCUT2D eigenvalue weighted by atomic mass is 9.90. The molecule has 1 atom stereocenters. The number of hydrogen-bond acceptors (Lipinski definition) is 5. The first-order valence-corrected chi connectivity index (χ1v) is 6.49. The Hall–Kier alpha value is -2.04. The minimum atomic E-state index is -0.392. The lowest BCUT2D eigenvalue weighted by Crippen LogP contribution is -2.27. The van der Waals surface area contributed by atoms with Crippen LogP contribution in [0.4, 0.5) is 0 Å². The summed E-state index contributed by atoms with van der Waals surface area (Å²) in [5.41, 5.74) is 2.80. The molecule has 108 valence electrons. The third kappa shape index (κ3) is 2.48. The zero-order chi connectivity index (χ0) is 14.7. The number of benzene rings is 1. The Labute approximate surface area is 118 Å². The number of hydrogen-bond donors (Lipinski definition) is 0. The fraction of sp³-hybridized carbons (Fsp3) is 0.467. The molecule has 0 aliphatic carbocycles. The fourth-order valence-electron chi connectivity index (χ4n) is 2.41. The van der Waals surface area contributed by atoms with Gasteiger partial charge in [0, 0.05) is 12.1 Å². The van der Waals surface area contributed by atoms with E-state index in [4.69, 9.17) is 14.2 Å². The van der Waals surface area contributed by atoms with Crippen molar-refractivity contribution in [3.63, 3.8) is 0 Å². The van der Waals surface area contributed by atoms with Crippen molar-refractivity contribution in [2.75, 3.05) is 27.9 Å². The Morgan fingerprint density at radius 2 is 1.85 bits per heavy atom. The molecular weight excluding hydrogens is 258 g/mol. The van der Waals surface area contributed by atoms with Crippen molar-refractivity contribution in [3.8, 4) is 11.5 Å². The molecule has 0 bridgehead atoms. The van der Waals surface area contributed by atoms with E-state index in [0.717, 1.165) is 23.3 Å². The standard InChI is InChI=1S/C15H19NO4/c1-9(15(17)20-4)14-11-8-13(19-3)12(18-2)7-10(11)5-6-16-14/h7-9H,5-6H2,1-4H3/t9-/m0/s1. The van der Waals surface area contributed by atoms with Crippen LogP contribution in [0.15, 0.2) is 17.1 Å². The van der Waals surface area contributed by atoms with Gasteiger partial charge in [-0.25, -0.2) is 0 Å². The maximum atomic E-state index is 11.7. The van der Waals surface area contributed by atoms with E-state index in [9.17, 15) is 4.79 Å². The second kappa shape index (κ2) is 5.94. The predicted octanol–water partition coefficient (Wildman–Crippen LogP) is 1.86. The number of nitrogens with zero attached hydrogens (tertiary/aromatic N) is 1.